The highest BCUT2D eigenvalue weighted by atomic mass is 16.7. The van der Waals surface area contributed by atoms with Gasteiger partial charge in [-0.1, -0.05) is 30.3 Å². The van der Waals surface area contributed by atoms with Crippen LogP contribution in [-0.2, 0) is 4.84 Å². The molecule has 0 bridgehead atoms. The molecule has 5 nitrogen and oxygen atoms in total. The Balaban J connectivity index is 2.10. The van der Waals surface area contributed by atoms with Gasteiger partial charge >= 0.3 is 5.84 Å². The number of amidine groups is 1. The first-order valence-corrected chi connectivity index (χ1v) is 4.19. The Labute approximate surface area is 80.1 Å². The van der Waals surface area contributed by atoms with Gasteiger partial charge in [0.15, 0.2) is 11.3 Å². The Morgan fingerprint density at radius 3 is 2.71 bits per heavy atom. The maximum atomic E-state index is 10.4. The molecule has 0 amide bonds. The lowest BCUT2D eigenvalue weighted by molar-refractivity contribution is -0.353. The van der Waals surface area contributed by atoms with Crippen molar-refractivity contribution in [2.75, 3.05) is 0 Å². The number of oxime groups is 1. The summed E-state index contributed by atoms with van der Waals surface area (Å²) in [6.07, 6.45) is -0.0756. The van der Waals surface area contributed by atoms with E-state index in [1.807, 2.05) is 30.3 Å². The Bertz CT molecular complexity index is 375. The number of benzene rings is 1. The predicted octanol–water partition coefficient (Wildman–Crippen LogP) is 1.74. The monoisotopic (exact) mass is 192 g/mol. The van der Waals surface area contributed by atoms with Gasteiger partial charge in [-0.25, -0.2) is 0 Å². The van der Waals surface area contributed by atoms with E-state index in [2.05, 4.69) is 5.16 Å². The maximum absolute atomic E-state index is 10.4. The minimum absolute atomic E-state index is 0.112. The average Bonchev–Trinajstić information content (AvgIpc) is 2.68. The molecule has 5 heteroatoms. The molecule has 1 unspecified atom stereocenters. The second-order valence-electron chi connectivity index (χ2n) is 2.97. The second kappa shape index (κ2) is 3.45. The van der Waals surface area contributed by atoms with Gasteiger partial charge in [-0.15, -0.1) is 0 Å². The third-order valence-corrected chi connectivity index (χ3v) is 2.04. The van der Waals surface area contributed by atoms with Gasteiger partial charge in [0.25, 0.3) is 0 Å². The molecule has 14 heavy (non-hydrogen) atoms. The van der Waals surface area contributed by atoms with Gasteiger partial charge in [0.2, 0.25) is 0 Å². The molecule has 72 valence electrons. The van der Waals surface area contributed by atoms with Gasteiger partial charge < -0.3 is 10.1 Å². The van der Waals surface area contributed by atoms with E-state index in [0.29, 0.717) is 0 Å². The number of hydrogen-bond donors (Lipinski definition) is 0. The van der Waals surface area contributed by atoms with Crippen LogP contribution in [0.1, 0.15) is 18.1 Å². The Morgan fingerprint density at radius 2 is 2.14 bits per heavy atom. The fraction of sp³-hybridized carbons (Fsp3) is 0.222. The summed E-state index contributed by atoms with van der Waals surface area (Å²) in [6, 6.07) is 9.34. The number of hydrogen-bond acceptors (Lipinski definition) is 4. The minimum atomic E-state index is -0.511. The second-order valence-corrected chi connectivity index (χ2v) is 2.97. The zero-order valence-corrected chi connectivity index (χ0v) is 7.29. The molecule has 0 saturated carbocycles. The minimum Gasteiger partial charge on any atom is -0.358 e. The van der Waals surface area contributed by atoms with Gasteiger partial charge in [0, 0.05) is 0 Å². The summed E-state index contributed by atoms with van der Waals surface area (Å²) >= 11 is 0. The lowest BCUT2D eigenvalue weighted by atomic mass is 10.1. The fourth-order valence-corrected chi connectivity index (χ4v) is 1.32. The van der Waals surface area contributed by atoms with Crippen molar-refractivity contribution in [2.45, 2.75) is 12.5 Å². The van der Waals surface area contributed by atoms with Gasteiger partial charge in [-0.2, -0.15) is 0 Å². The van der Waals surface area contributed by atoms with Crippen LogP contribution in [0.5, 0.6) is 0 Å². The van der Waals surface area contributed by atoms with Gasteiger partial charge in [0.1, 0.15) is 6.42 Å². The molecular formula is C9H8N2O3. The van der Waals surface area contributed by atoms with E-state index in [0.717, 1.165) is 5.56 Å². The lowest BCUT2D eigenvalue weighted by Crippen LogP contribution is -2.09. The summed E-state index contributed by atoms with van der Waals surface area (Å²) < 4.78 is 0. The van der Waals surface area contributed by atoms with E-state index in [4.69, 9.17) is 4.84 Å². The molecule has 1 aromatic carbocycles. The van der Waals surface area contributed by atoms with Crippen molar-refractivity contribution in [3.63, 3.8) is 0 Å². The summed E-state index contributed by atoms with van der Waals surface area (Å²) in [5.41, 5.74) is 0.910. The summed E-state index contributed by atoms with van der Waals surface area (Å²) in [4.78, 5) is 14.8. The van der Waals surface area contributed by atoms with Crippen molar-refractivity contribution < 1.29 is 9.76 Å². The van der Waals surface area contributed by atoms with E-state index in [9.17, 15) is 10.1 Å². The molecule has 1 atom stereocenters. The van der Waals surface area contributed by atoms with Crippen LogP contribution >= 0.6 is 0 Å². The molecule has 0 aliphatic carbocycles. The summed E-state index contributed by atoms with van der Waals surface area (Å²) in [6.45, 7) is 0. The van der Waals surface area contributed by atoms with Crippen LogP contribution in [0.25, 0.3) is 0 Å². The largest absolute Gasteiger partial charge is 0.389 e. The molecule has 1 heterocycles. The molecular weight excluding hydrogens is 184 g/mol. The first-order chi connectivity index (χ1) is 6.77. The van der Waals surface area contributed by atoms with Gasteiger partial charge in [-0.3, -0.25) is 4.84 Å². The molecule has 0 N–H and O–H groups in total. The number of nitrogens with zero attached hydrogens (tertiary/aromatic N) is 2. The zero-order chi connectivity index (χ0) is 9.97. The van der Waals surface area contributed by atoms with Crippen molar-refractivity contribution in [3.05, 3.63) is 46.0 Å². The third-order valence-electron chi connectivity index (χ3n) is 2.04. The Hall–Kier alpha value is -1.91. The zero-order valence-electron chi connectivity index (χ0n) is 7.29. The van der Waals surface area contributed by atoms with Gasteiger partial charge in [-0.05, 0) is 10.5 Å². The van der Waals surface area contributed by atoms with Gasteiger partial charge in [0.05, 0.1) is 0 Å². The summed E-state index contributed by atoms with van der Waals surface area (Å²) in [5, 5.41) is 13.8. The quantitative estimate of drug-likeness (QED) is 0.502. The van der Waals surface area contributed by atoms with Crippen molar-refractivity contribution in [3.8, 4) is 0 Å². The van der Waals surface area contributed by atoms with E-state index in [-0.39, 0.29) is 18.4 Å². The normalized spacial score (nSPS) is 20.0. The smallest absolute Gasteiger partial charge is 0.358 e. The van der Waals surface area contributed by atoms with Crippen molar-refractivity contribution in [1.82, 2.24) is 0 Å². The van der Waals surface area contributed by atoms with Crippen LogP contribution in [0.15, 0.2) is 35.5 Å². The van der Waals surface area contributed by atoms with E-state index >= 15 is 0 Å². The van der Waals surface area contributed by atoms with E-state index < -0.39 is 4.92 Å². The van der Waals surface area contributed by atoms with Crippen LogP contribution in [0.4, 0.5) is 0 Å². The lowest BCUT2D eigenvalue weighted by Gasteiger charge is -2.03. The van der Waals surface area contributed by atoms with Crippen molar-refractivity contribution >= 4 is 5.84 Å². The molecule has 0 radical (unpaired) electrons. The van der Waals surface area contributed by atoms with Crippen molar-refractivity contribution in [2.24, 2.45) is 5.16 Å². The third kappa shape index (κ3) is 1.56. The SMILES string of the molecule is O=[N+]([O-])C1=NOC(c2ccccc2)C1. The van der Waals surface area contributed by atoms with E-state index in [1.165, 1.54) is 0 Å². The molecule has 0 spiro atoms. The summed E-state index contributed by atoms with van der Waals surface area (Å²) in [7, 11) is 0. The number of nitro groups is 1. The highest BCUT2D eigenvalue weighted by molar-refractivity contribution is 5.75. The first-order valence-electron chi connectivity index (χ1n) is 4.19. The van der Waals surface area contributed by atoms with Crippen LogP contribution in [-0.4, -0.2) is 10.8 Å². The predicted molar refractivity (Wildman–Crippen MR) is 49.3 cm³/mol. The van der Waals surface area contributed by atoms with Crippen LogP contribution in [0, 0.1) is 10.1 Å². The van der Waals surface area contributed by atoms with Crippen LogP contribution in [0.2, 0.25) is 0 Å². The van der Waals surface area contributed by atoms with Crippen molar-refractivity contribution in [1.29, 1.82) is 0 Å². The Kier molecular flexibility index (Phi) is 2.14. The highest BCUT2D eigenvalue weighted by Gasteiger charge is 2.32. The molecule has 0 aromatic heterocycles. The van der Waals surface area contributed by atoms with E-state index in [1.54, 1.807) is 0 Å². The molecule has 0 saturated heterocycles. The molecule has 2 rings (SSSR count). The molecule has 1 aromatic rings. The number of rotatable bonds is 1. The maximum Gasteiger partial charge on any atom is 0.389 e. The molecule has 0 fully saturated rings. The average molecular weight is 192 g/mol. The van der Waals surface area contributed by atoms with Crippen LogP contribution in [0.3, 0.4) is 0 Å². The first kappa shape index (κ1) is 8.68. The molecule has 1 aliphatic rings. The highest BCUT2D eigenvalue weighted by Crippen LogP contribution is 2.26. The van der Waals surface area contributed by atoms with Crippen LogP contribution < -0.4 is 0 Å². The Morgan fingerprint density at radius 1 is 1.43 bits per heavy atom. The topological polar surface area (TPSA) is 64.7 Å². The standard InChI is InChI=1S/C9H8N2O3/c12-11(13)9-6-8(14-10-9)7-4-2-1-3-5-7/h1-5,8H,6H2. The molecule has 1 aliphatic heterocycles. The fourth-order valence-electron chi connectivity index (χ4n) is 1.32. The summed E-state index contributed by atoms with van der Waals surface area (Å²) in [5.74, 6) is -0.112.